The summed E-state index contributed by atoms with van der Waals surface area (Å²) >= 11 is 4.82. The molecule has 5 nitrogen and oxygen atoms in total. The molecule has 1 aliphatic heterocycles. The normalized spacial score (nSPS) is 13.9. The Labute approximate surface area is 167 Å². The summed E-state index contributed by atoms with van der Waals surface area (Å²) in [7, 11) is 0. The number of para-hydroxylation sites is 1. The molecule has 3 aromatic carbocycles. The fraction of sp³-hybridized carbons (Fsp3) is 0.0455. The third-order valence-electron chi connectivity index (χ3n) is 4.43. The Kier molecular flexibility index (Phi) is 4.87. The first-order chi connectivity index (χ1) is 13.6. The SMILES string of the molecule is O=C1NC(=S)NC(=O)C1=Cc1ccccc1OCc1cccc2ccccc12. The molecule has 0 bridgehead atoms. The Hall–Kier alpha value is -3.51. The maximum Gasteiger partial charge on any atom is 0.263 e. The van der Waals surface area contributed by atoms with E-state index in [1.807, 2.05) is 36.4 Å². The predicted molar refractivity (Wildman–Crippen MR) is 112 cm³/mol. The molecule has 0 aliphatic carbocycles. The van der Waals surface area contributed by atoms with Gasteiger partial charge in [-0.1, -0.05) is 60.7 Å². The van der Waals surface area contributed by atoms with Crippen molar-refractivity contribution in [2.45, 2.75) is 6.61 Å². The molecule has 6 heteroatoms. The van der Waals surface area contributed by atoms with Crippen LogP contribution in [-0.4, -0.2) is 16.9 Å². The fourth-order valence-electron chi connectivity index (χ4n) is 3.07. The van der Waals surface area contributed by atoms with Gasteiger partial charge in [0.25, 0.3) is 11.8 Å². The van der Waals surface area contributed by atoms with Crippen molar-refractivity contribution in [3.63, 3.8) is 0 Å². The van der Waals surface area contributed by atoms with Gasteiger partial charge in [-0.3, -0.25) is 20.2 Å². The molecular formula is C22H16N2O3S. The molecule has 1 aliphatic rings. The maximum absolute atomic E-state index is 12.1. The van der Waals surface area contributed by atoms with E-state index in [4.69, 9.17) is 17.0 Å². The summed E-state index contributed by atoms with van der Waals surface area (Å²) in [5, 5.41) is 7.13. The van der Waals surface area contributed by atoms with Crippen LogP contribution in [0.4, 0.5) is 0 Å². The molecule has 1 heterocycles. The van der Waals surface area contributed by atoms with E-state index in [0.717, 1.165) is 16.3 Å². The molecule has 1 fully saturated rings. The van der Waals surface area contributed by atoms with Crippen molar-refractivity contribution in [3.8, 4) is 5.75 Å². The van der Waals surface area contributed by atoms with Crippen LogP contribution in [0, 0.1) is 0 Å². The first kappa shape index (κ1) is 17.9. The number of amides is 2. The second kappa shape index (κ2) is 7.62. The van der Waals surface area contributed by atoms with Crippen molar-refractivity contribution in [3.05, 3.63) is 83.4 Å². The molecule has 138 valence electrons. The molecule has 4 rings (SSSR count). The predicted octanol–water partition coefficient (Wildman–Crippen LogP) is 3.33. The van der Waals surface area contributed by atoms with E-state index >= 15 is 0 Å². The van der Waals surface area contributed by atoms with Gasteiger partial charge in [0, 0.05) is 5.56 Å². The van der Waals surface area contributed by atoms with E-state index in [1.165, 1.54) is 6.08 Å². The second-order valence-electron chi connectivity index (χ2n) is 6.26. The van der Waals surface area contributed by atoms with Crippen LogP contribution in [-0.2, 0) is 16.2 Å². The van der Waals surface area contributed by atoms with Crippen LogP contribution in [0.15, 0.2) is 72.3 Å². The minimum atomic E-state index is -0.530. The standard InChI is InChI=1S/C22H16N2O3S/c25-20-18(21(26)24-22(28)23-20)12-15-7-2-4-11-19(15)27-13-16-9-5-8-14-6-1-3-10-17(14)16/h1-12H,13H2,(H2,23,24,25,26,28). The lowest BCUT2D eigenvalue weighted by Crippen LogP contribution is -2.51. The molecule has 28 heavy (non-hydrogen) atoms. The lowest BCUT2D eigenvalue weighted by atomic mass is 10.1. The molecule has 0 atom stereocenters. The van der Waals surface area contributed by atoms with E-state index in [1.54, 1.807) is 12.1 Å². The van der Waals surface area contributed by atoms with Gasteiger partial charge in [0.15, 0.2) is 5.11 Å². The number of hydrogen-bond donors (Lipinski definition) is 2. The Balaban J connectivity index is 1.62. The highest BCUT2D eigenvalue weighted by Gasteiger charge is 2.26. The topological polar surface area (TPSA) is 67.4 Å². The number of carbonyl (C=O) groups is 2. The Bertz CT molecular complexity index is 1110. The molecule has 0 aromatic heterocycles. The van der Waals surface area contributed by atoms with Gasteiger partial charge in [-0.2, -0.15) is 0 Å². The average molecular weight is 388 g/mol. The Morgan fingerprint density at radius 1 is 0.857 bits per heavy atom. The summed E-state index contributed by atoms with van der Waals surface area (Å²) in [6, 6.07) is 21.4. The van der Waals surface area contributed by atoms with E-state index in [9.17, 15) is 9.59 Å². The molecular weight excluding hydrogens is 372 g/mol. The molecule has 0 radical (unpaired) electrons. The van der Waals surface area contributed by atoms with E-state index in [2.05, 4.69) is 28.8 Å². The minimum Gasteiger partial charge on any atom is -0.488 e. The van der Waals surface area contributed by atoms with Crippen LogP contribution in [0.3, 0.4) is 0 Å². The first-order valence-corrected chi connectivity index (χ1v) is 9.09. The van der Waals surface area contributed by atoms with Crippen LogP contribution in [0.1, 0.15) is 11.1 Å². The number of rotatable bonds is 4. The van der Waals surface area contributed by atoms with Crippen molar-refractivity contribution in [2.24, 2.45) is 0 Å². The number of benzene rings is 3. The fourth-order valence-corrected chi connectivity index (χ4v) is 3.25. The van der Waals surface area contributed by atoms with Crippen LogP contribution in [0.2, 0.25) is 0 Å². The maximum atomic E-state index is 12.1. The van der Waals surface area contributed by atoms with Crippen LogP contribution in [0.5, 0.6) is 5.75 Å². The van der Waals surface area contributed by atoms with Crippen LogP contribution in [0.25, 0.3) is 16.8 Å². The number of ether oxygens (including phenoxy) is 1. The summed E-state index contributed by atoms with van der Waals surface area (Å²) in [4.78, 5) is 24.2. The Morgan fingerprint density at radius 3 is 2.36 bits per heavy atom. The number of hydrogen-bond acceptors (Lipinski definition) is 4. The van der Waals surface area contributed by atoms with Crippen LogP contribution < -0.4 is 15.4 Å². The summed E-state index contributed by atoms with van der Waals surface area (Å²) < 4.78 is 6.03. The van der Waals surface area contributed by atoms with E-state index in [0.29, 0.717) is 17.9 Å². The van der Waals surface area contributed by atoms with Gasteiger partial charge in [0.05, 0.1) is 0 Å². The van der Waals surface area contributed by atoms with Gasteiger partial charge in [0.1, 0.15) is 17.9 Å². The van der Waals surface area contributed by atoms with Gasteiger partial charge in [-0.15, -0.1) is 0 Å². The molecule has 3 aromatic rings. The van der Waals surface area contributed by atoms with E-state index < -0.39 is 11.8 Å². The first-order valence-electron chi connectivity index (χ1n) is 8.68. The monoisotopic (exact) mass is 388 g/mol. The third kappa shape index (κ3) is 3.63. The molecule has 0 spiro atoms. The number of nitrogens with one attached hydrogen (secondary N) is 2. The lowest BCUT2D eigenvalue weighted by molar-refractivity contribution is -0.123. The largest absolute Gasteiger partial charge is 0.488 e. The second-order valence-corrected chi connectivity index (χ2v) is 6.67. The van der Waals surface area contributed by atoms with Crippen molar-refractivity contribution in [2.75, 3.05) is 0 Å². The summed E-state index contributed by atoms with van der Waals surface area (Å²) in [6.45, 7) is 0.365. The van der Waals surface area contributed by atoms with Gasteiger partial charge in [0.2, 0.25) is 0 Å². The third-order valence-corrected chi connectivity index (χ3v) is 4.63. The minimum absolute atomic E-state index is 0.00707. The van der Waals surface area contributed by atoms with Crippen molar-refractivity contribution in [1.29, 1.82) is 0 Å². The molecule has 0 unspecified atom stereocenters. The lowest BCUT2D eigenvalue weighted by Gasteiger charge is -2.17. The number of fused-ring (bicyclic) bond motifs is 1. The molecule has 1 saturated heterocycles. The van der Waals surface area contributed by atoms with Crippen LogP contribution >= 0.6 is 12.2 Å². The van der Waals surface area contributed by atoms with Gasteiger partial charge < -0.3 is 4.74 Å². The molecule has 2 amide bonds. The van der Waals surface area contributed by atoms with Crippen molar-refractivity contribution < 1.29 is 14.3 Å². The highest BCUT2D eigenvalue weighted by atomic mass is 32.1. The highest BCUT2D eigenvalue weighted by molar-refractivity contribution is 7.80. The number of carbonyl (C=O) groups excluding carboxylic acids is 2. The Morgan fingerprint density at radius 2 is 1.54 bits per heavy atom. The zero-order chi connectivity index (χ0) is 19.5. The quantitative estimate of drug-likeness (QED) is 0.409. The average Bonchev–Trinajstić information content (AvgIpc) is 2.70. The summed E-state index contributed by atoms with van der Waals surface area (Å²) in [5.41, 5.74) is 1.67. The summed E-state index contributed by atoms with van der Waals surface area (Å²) in [5.74, 6) is -0.480. The van der Waals surface area contributed by atoms with Gasteiger partial charge >= 0.3 is 0 Å². The van der Waals surface area contributed by atoms with E-state index in [-0.39, 0.29) is 10.7 Å². The highest BCUT2D eigenvalue weighted by Crippen LogP contribution is 2.25. The number of thiocarbonyl (C=S) groups is 1. The zero-order valence-corrected chi connectivity index (χ0v) is 15.6. The zero-order valence-electron chi connectivity index (χ0n) is 14.8. The van der Waals surface area contributed by atoms with Crippen molar-refractivity contribution >= 4 is 46.0 Å². The summed E-state index contributed by atoms with van der Waals surface area (Å²) in [6.07, 6.45) is 1.50. The van der Waals surface area contributed by atoms with Gasteiger partial charge in [-0.05, 0) is 40.7 Å². The van der Waals surface area contributed by atoms with Gasteiger partial charge in [-0.25, -0.2) is 0 Å². The molecule has 2 N–H and O–H groups in total. The van der Waals surface area contributed by atoms with Crippen molar-refractivity contribution in [1.82, 2.24) is 10.6 Å². The molecule has 0 saturated carbocycles. The smallest absolute Gasteiger partial charge is 0.263 e.